The first kappa shape index (κ1) is 33.6. The van der Waals surface area contributed by atoms with Gasteiger partial charge in [-0.1, -0.05) is 96.0 Å². The molecule has 0 radical (unpaired) electrons. The van der Waals surface area contributed by atoms with E-state index in [0.29, 0.717) is 18.0 Å². The topological polar surface area (TPSA) is 73.6 Å². The fourth-order valence-electron chi connectivity index (χ4n) is 3.95. The lowest BCUT2D eigenvalue weighted by molar-refractivity contribution is -0.132. The summed E-state index contributed by atoms with van der Waals surface area (Å²) < 4.78 is 5.97. The predicted octanol–water partition coefficient (Wildman–Crippen LogP) is 9.05. The van der Waals surface area contributed by atoms with Gasteiger partial charge in [-0.3, -0.25) is 5.41 Å². The fraction of sp³-hybridized carbons (Fsp3) is 0.257. The molecule has 2 aromatic rings. The number of nitrogens with zero attached hydrogens (tertiary/aromatic N) is 1. The minimum Gasteiger partial charge on any atom is -0.489 e. The first-order valence-electron chi connectivity index (χ1n) is 13.5. The number of amidine groups is 1. The molecular weight excluding hydrogens is 496 g/mol. The van der Waals surface area contributed by atoms with Gasteiger partial charge >= 0.3 is 5.97 Å². The summed E-state index contributed by atoms with van der Waals surface area (Å²) in [6.45, 7) is 25.4. The summed E-state index contributed by atoms with van der Waals surface area (Å²) in [5, 5.41) is 17.0. The van der Waals surface area contributed by atoms with Crippen LogP contribution >= 0.6 is 0 Å². The quantitative estimate of drug-likeness (QED) is 0.102. The molecule has 0 amide bonds. The SMILES string of the molecule is C=C/C=C(\C)C(=O)O.C=CC(=C)N(C(=N)c1ccc(OCc2ccc(C=C)c(C=C)c2)cc1)C(CC)CCCC. The van der Waals surface area contributed by atoms with E-state index in [2.05, 4.69) is 52.8 Å². The maximum absolute atomic E-state index is 9.97. The highest BCUT2D eigenvalue weighted by atomic mass is 16.5. The lowest BCUT2D eigenvalue weighted by Crippen LogP contribution is -2.38. The Morgan fingerprint density at radius 1 is 1.05 bits per heavy atom. The molecule has 1 unspecified atom stereocenters. The number of hydrogen-bond donors (Lipinski definition) is 2. The van der Waals surface area contributed by atoms with Crippen molar-refractivity contribution in [1.82, 2.24) is 4.90 Å². The minimum absolute atomic E-state index is 0.237. The van der Waals surface area contributed by atoms with Gasteiger partial charge in [0.05, 0.1) is 0 Å². The van der Waals surface area contributed by atoms with Crippen molar-refractivity contribution in [3.05, 3.63) is 127 Å². The second-order valence-electron chi connectivity index (χ2n) is 9.19. The van der Waals surface area contributed by atoms with Gasteiger partial charge in [0, 0.05) is 22.9 Å². The monoisotopic (exact) mass is 540 g/mol. The van der Waals surface area contributed by atoms with Crippen molar-refractivity contribution in [2.45, 2.75) is 59.1 Å². The number of nitrogens with one attached hydrogen (secondary N) is 1. The van der Waals surface area contributed by atoms with Crippen LogP contribution in [0.25, 0.3) is 12.2 Å². The lowest BCUT2D eigenvalue weighted by Gasteiger charge is -2.34. The summed E-state index contributed by atoms with van der Waals surface area (Å²) in [5.74, 6) is 0.312. The van der Waals surface area contributed by atoms with Gasteiger partial charge in [-0.25, -0.2) is 4.79 Å². The van der Waals surface area contributed by atoms with Crippen LogP contribution in [0.3, 0.4) is 0 Å². The summed E-state index contributed by atoms with van der Waals surface area (Å²) in [5.41, 5.74) is 5.07. The first-order chi connectivity index (χ1) is 19.2. The van der Waals surface area contributed by atoms with Crippen LogP contribution in [0, 0.1) is 5.41 Å². The van der Waals surface area contributed by atoms with Gasteiger partial charge in [0.15, 0.2) is 0 Å². The summed E-state index contributed by atoms with van der Waals surface area (Å²) in [6.07, 6.45) is 12.5. The van der Waals surface area contributed by atoms with E-state index in [1.807, 2.05) is 53.5 Å². The van der Waals surface area contributed by atoms with Crippen LogP contribution < -0.4 is 4.74 Å². The normalized spacial score (nSPS) is 11.2. The molecule has 2 N–H and O–H groups in total. The van der Waals surface area contributed by atoms with Crippen LogP contribution in [0.4, 0.5) is 0 Å². The number of rotatable bonds is 15. The van der Waals surface area contributed by atoms with Crippen LogP contribution in [0.2, 0.25) is 0 Å². The van der Waals surface area contributed by atoms with Gasteiger partial charge in [0.25, 0.3) is 0 Å². The number of aliphatic carboxylic acids is 1. The van der Waals surface area contributed by atoms with E-state index >= 15 is 0 Å². The minimum atomic E-state index is -0.898. The number of hydrogen-bond acceptors (Lipinski definition) is 3. The van der Waals surface area contributed by atoms with Crippen LogP contribution in [0.5, 0.6) is 5.75 Å². The summed E-state index contributed by atoms with van der Waals surface area (Å²) in [7, 11) is 0. The predicted molar refractivity (Wildman–Crippen MR) is 171 cm³/mol. The molecule has 2 aromatic carbocycles. The van der Waals surface area contributed by atoms with Crippen molar-refractivity contribution in [1.29, 1.82) is 5.41 Å². The number of carboxylic acid groups (broad SMARTS) is 1. The molecule has 0 saturated carbocycles. The fourth-order valence-corrected chi connectivity index (χ4v) is 3.95. The van der Waals surface area contributed by atoms with E-state index in [1.165, 1.54) is 19.1 Å². The van der Waals surface area contributed by atoms with E-state index in [9.17, 15) is 4.79 Å². The lowest BCUT2D eigenvalue weighted by atomic mass is 10.0. The van der Waals surface area contributed by atoms with Crippen LogP contribution in [-0.4, -0.2) is 27.9 Å². The molecule has 40 heavy (non-hydrogen) atoms. The molecule has 5 nitrogen and oxygen atoms in total. The van der Waals surface area contributed by atoms with Gasteiger partial charge in [-0.05, 0) is 72.9 Å². The van der Waals surface area contributed by atoms with E-state index in [1.54, 1.807) is 6.08 Å². The molecule has 0 saturated heterocycles. The average Bonchev–Trinajstić information content (AvgIpc) is 2.98. The Hall–Kier alpha value is -4.38. The van der Waals surface area contributed by atoms with Gasteiger partial charge in [-0.15, -0.1) is 0 Å². The third-order valence-electron chi connectivity index (χ3n) is 6.34. The van der Waals surface area contributed by atoms with Crippen LogP contribution in [0.15, 0.2) is 105 Å². The highest BCUT2D eigenvalue weighted by Gasteiger charge is 2.22. The molecule has 1 atom stereocenters. The Morgan fingerprint density at radius 3 is 2.17 bits per heavy atom. The van der Waals surface area contributed by atoms with Crippen molar-refractivity contribution < 1.29 is 14.6 Å². The first-order valence-corrected chi connectivity index (χ1v) is 13.5. The zero-order chi connectivity index (χ0) is 30.1. The largest absolute Gasteiger partial charge is 0.489 e. The molecule has 2 rings (SSSR count). The average molecular weight is 541 g/mol. The standard InChI is InChI=1S/C29H36N2O.C6H8O2/c1-7-12-13-27(11-5)31(22(6)8-2)29(30)26-16-18-28(19-17-26)32-21-23-14-15-24(9-3)25(10-4)20-23;1-3-4-5(2)6(7)8/h8-10,14-20,27,30H,2-4,6-7,11-13,21H2,1,5H3;3-4H,1H2,2H3,(H,7,8)/b;5-4+. The Balaban J connectivity index is 0.000000869. The number of unbranched alkanes of at least 4 members (excludes halogenated alkanes) is 1. The third-order valence-corrected chi connectivity index (χ3v) is 6.34. The second kappa shape index (κ2) is 18.0. The van der Waals surface area contributed by atoms with Crippen molar-refractivity contribution in [2.75, 3.05) is 0 Å². The molecule has 0 spiro atoms. The van der Waals surface area contributed by atoms with E-state index in [0.717, 1.165) is 59.4 Å². The number of allylic oxidation sites excluding steroid dienone is 3. The van der Waals surface area contributed by atoms with E-state index in [4.69, 9.17) is 15.3 Å². The Kier molecular flexibility index (Phi) is 15.1. The Bertz CT molecular complexity index is 1220. The van der Waals surface area contributed by atoms with Crippen molar-refractivity contribution >= 4 is 24.0 Å². The number of carboxylic acids is 1. The highest BCUT2D eigenvalue weighted by Crippen LogP contribution is 2.23. The summed E-state index contributed by atoms with van der Waals surface area (Å²) >= 11 is 0. The number of ether oxygens (including phenoxy) is 1. The maximum atomic E-state index is 9.97. The maximum Gasteiger partial charge on any atom is 0.331 e. The van der Waals surface area contributed by atoms with Gasteiger partial charge in [-0.2, -0.15) is 0 Å². The molecule has 0 aromatic heterocycles. The van der Waals surface area contributed by atoms with Crippen molar-refractivity contribution in [2.24, 2.45) is 0 Å². The van der Waals surface area contributed by atoms with E-state index < -0.39 is 5.97 Å². The molecule has 0 aliphatic carbocycles. The van der Waals surface area contributed by atoms with Crippen LogP contribution in [-0.2, 0) is 11.4 Å². The molecule has 0 bridgehead atoms. The summed E-state index contributed by atoms with van der Waals surface area (Å²) in [6, 6.07) is 14.1. The molecule has 0 heterocycles. The molecule has 0 aliphatic rings. The van der Waals surface area contributed by atoms with E-state index in [-0.39, 0.29) is 6.04 Å². The number of carbonyl (C=O) groups is 1. The van der Waals surface area contributed by atoms with Gasteiger partial charge in [0.2, 0.25) is 0 Å². The van der Waals surface area contributed by atoms with Crippen molar-refractivity contribution in [3.8, 4) is 5.75 Å². The van der Waals surface area contributed by atoms with Crippen molar-refractivity contribution in [3.63, 3.8) is 0 Å². The molecule has 0 aliphatic heterocycles. The highest BCUT2D eigenvalue weighted by molar-refractivity contribution is 5.98. The number of benzene rings is 2. The second-order valence-corrected chi connectivity index (χ2v) is 9.19. The zero-order valence-corrected chi connectivity index (χ0v) is 24.3. The molecule has 0 fully saturated rings. The Morgan fingerprint density at radius 2 is 1.70 bits per heavy atom. The zero-order valence-electron chi connectivity index (χ0n) is 24.3. The molecule has 212 valence electrons. The third kappa shape index (κ3) is 10.4. The molecular formula is C35H44N2O3. The molecule has 5 heteroatoms. The van der Waals surface area contributed by atoms with Gasteiger partial charge in [0.1, 0.15) is 18.2 Å². The van der Waals surface area contributed by atoms with Gasteiger partial charge < -0.3 is 14.7 Å². The smallest absolute Gasteiger partial charge is 0.331 e. The Labute approximate surface area is 240 Å². The summed E-state index contributed by atoms with van der Waals surface area (Å²) in [4.78, 5) is 12.0. The van der Waals surface area contributed by atoms with Crippen LogP contribution in [0.1, 0.15) is 68.7 Å².